The van der Waals surface area contributed by atoms with Crippen LogP contribution >= 0.6 is 24.8 Å². The number of amides is 1. The highest BCUT2D eigenvalue weighted by atomic mass is 35.5. The first kappa shape index (κ1) is 25.1. The minimum absolute atomic E-state index is 0. The minimum Gasteiger partial charge on any atom is -0.480 e. The third-order valence-electron chi connectivity index (χ3n) is 4.34. The molecule has 150 valence electrons. The summed E-state index contributed by atoms with van der Waals surface area (Å²) in [6.45, 7) is 2.59. The number of methoxy groups -OCH3 is 1. The first-order valence-electron chi connectivity index (χ1n) is 8.18. The molecule has 1 amide bonds. The highest BCUT2D eigenvalue weighted by Gasteiger charge is 2.25. The molecule has 1 saturated heterocycles. The molecule has 1 aromatic carbocycles. The van der Waals surface area contributed by atoms with Gasteiger partial charge in [-0.15, -0.1) is 24.8 Å². The van der Waals surface area contributed by atoms with Crippen molar-refractivity contribution in [3.05, 3.63) is 54.0 Å². The van der Waals surface area contributed by atoms with E-state index in [1.54, 1.807) is 0 Å². The summed E-state index contributed by atoms with van der Waals surface area (Å²) in [6, 6.07) is 10.8. The Hall–Kier alpha value is -1.93. The van der Waals surface area contributed by atoms with Crippen LogP contribution in [-0.4, -0.2) is 52.5 Å². The Balaban J connectivity index is 0.00000225. The smallest absolute Gasteiger partial charge is 0.258 e. The zero-order valence-corrected chi connectivity index (χ0v) is 16.8. The summed E-state index contributed by atoms with van der Waals surface area (Å²) in [5.74, 6) is 0.106. The molecule has 0 bridgehead atoms. The summed E-state index contributed by atoms with van der Waals surface area (Å²) in [5, 5.41) is 2.99. The monoisotopic (exact) mass is 416 g/mol. The van der Waals surface area contributed by atoms with Gasteiger partial charge in [0, 0.05) is 25.3 Å². The molecular formula is C18H26Cl2N4O3. The Morgan fingerprint density at radius 1 is 1.30 bits per heavy atom. The van der Waals surface area contributed by atoms with Gasteiger partial charge in [0.1, 0.15) is 11.9 Å². The SMILES string of the molecule is COc1ncncc1C(=O)NCC1CCCN1Cc1ccccc1.Cl.Cl.O. The maximum absolute atomic E-state index is 12.4. The van der Waals surface area contributed by atoms with Crippen LogP contribution in [0.3, 0.4) is 0 Å². The number of benzene rings is 1. The summed E-state index contributed by atoms with van der Waals surface area (Å²) in [7, 11) is 1.50. The Labute approximate surface area is 171 Å². The van der Waals surface area contributed by atoms with Crippen LogP contribution in [0.25, 0.3) is 0 Å². The number of nitrogens with one attached hydrogen (secondary N) is 1. The van der Waals surface area contributed by atoms with Crippen molar-refractivity contribution >= 4 is 30.7 Å². The zero-order chi connectivity index (χ0) is 16.8. The number of hydrogen-bond donors (Lipinski definition) is 1. The van der Waals surface area contributed by atoms with Crippen LogP contribution in [0.4, 0.5) is 0 Å². The van der Waals surface area contributed by atoms with E-state index in [0.29, 0.717) is 24.0 Å². The van der Waals surface area contributed by atoms with Gasteiger partial charge in [0.25, 0.3) is 5.91 Å². The van der Waals surface area contributed by atoms with E-state index in [1.165, 1.54) is 25.2 Å². The predicted molar refractivity (Wildman–Crippen MR) is 109 cm³/mol. The van der Waals surface area contributed by atoms with Crippen LogP contribution in [0, 0.1) is 0 Å². The number of likely N-dealkylation sites (tertiary alicyclic amines) is 1. The molecule has 9 heteroatoms. The van der Waals surface area contributed by atoms with Crippen molar-refractivity contribution in [2.75, 3.05) is 20.2 Å². The molecule has 1 unspecified atom stereocenters. The van der Waals surface area contributed by atoms with Gasteiger partial charge in [-0.1, -0.05) is 30.3 Å². The van der Waals surface area contributed by atoms with E-state index < -0.39 is 0 Å². The van der Waals surface area contributed by atoms with Gasteiger partial charge in [-0.25, -0.2) is 9.97 Å². The van der Waals surface area contributed by atoms with Crippen LogP contribution in [0.15, 0.2) is 42.9 Å². The van der Waals surface area contributed by atoms with E-state index in [2.05, 4.69) is 44.5 Å². The standard InChI is InChI=1S/C18H22N4O2.2ClH.H2O/c1-24-18-16(11-19-13-21-18)17(23)20-10-15-8-5-9-22(15)12-14-6-3-2-4-7-14;;;/h2-4,6-7,11,13,15H,5,8-10,12H2,1H3,(H,20,23);2*1H;1H2. The second-order valence-electron chi connectivity index (χ2n) is 5.91. The van der Waals surface area contributed by atoms with Crippen LogP contribution in [0.2, 0.25) is 0 Å². The van der Waals surface area contributed by atoms with Crippen molar-refractivity contribution in [3.8, 4) is 5.88 Å². The average molecular weight is 417 g/mol. The molecule has 2 heterocycles. The fourth-order valence-corrected chi connectivity index (χ4v) is 3.09. The second kappa shape index (κ2) is 12.5. The van der Waals surface area contributed by atoms with Gasteiger partial charge >= 0.3 is 0 Å². The summed E-state index contributed by atoms with van der Waals surface area (Å²) in [6.07, 6.45) is 5.10. The van der Waals surface area contributed by atoms with Gasteiger partial charge in [-0.05, 0) is 24.9 Å². The van der Waals surface area contributed by atoms with Gasteiger partial charge in [-0.3, -0.25) is 9.69 Å². The lowest BCUT2D eigenvalue weighted by Crippen LogP contribution is -2.40. The fraction of sp³-hybridized carbons (Fsp3) is 0.389. The molecule has 0 radical (unpaired) electrons. The maximum atomic E-state index is 12.4. The van der Waals surface area contributed by atoms with E-state index in [0.717, 1.165) is 25.9 Å². The van der Waals surface area contributed by atoms with E-state index in [9.17, 15) is 4.79 Å². The summed E-state index contributed by atoms with van der Waals surface area (Å²) < 4.78 is 5.12. The normalized spacial score (nSPS) is 15.7. The number of hydrogen-bond acceptors (Lipinski definition) is 5. The Kier molecular flexibility index (Phi) is 11.6. The van der Waals surface area contributed by atoms with Crippen LogP contribution in [-0.2, 0) is 6.54 Å². The molecule has 1 fully saturated rings. The van der Waals surface area contributed by atoms with Crippen LogP contribution in [0.1, 0.15) is 28.8 Å². The van der Waals surface area contributed by atoms with Crippen LogP contribution < -0.4 is 10.1 Å². The molecular weight excluding hydrogens is 391 g/mol. The first-order chi connectivity index (χ1) is 11.8. The predicted octanol–water partition coefficient (Wildman–Crippen LogP) is 1.90. The summed E-state index contributed by atoms with van der Waals surface area (Å²) >= 11 is 0. The van der Waals surface area contributed by atoms with Crippen molar-refractivity contribution < 1.29 is 15.0 Å². The molecule has 0 aliphatic carbocycles. The third-order valence-corrected chi connectivity index (χ3v) is 4.34. The molecule has 2 aromatic rings. The minimum atomic E-state index is -0.195. The third kappa shape index (κ3) is 6.62. The molecule has 0 saturated carbocycles. The van der Waals surface area contributed by atoms with Gasteiger partial charge in [0.2, 0.25) is 5.88 Å². The molecule has 1 aromatic heterocycles. The molecule has 3 rings (SSSR count). The number of carbonyl (C=O) groups excluding carboxylic acids is 1. The highest BCUT2D eigenvalue weighted by Crippen LogP contribution is 2.20. The van der Waals surface area contributed by atoms with Crippen molar-refractivity contribution in [1.82, 2.24) is 20.2 Å². The Morgan fingerprint density at radius 2 is 2.04 bits per heavy atom. The average Bonchev–Trinajstić information content (AvgIpc) is 3.07. The van der Waals surface area contributed by atoms with E-state index >= 15 is 0 Å². The van der Waals surface area contributed by atoms with E-state index in [1.807, 2.05) is 6.07 Å². The van der Waals surface area contributed by atoms with Gasteiger partial charge in [-0.2, -0.15) is 0 Å². The lowest BCUT2D eigenvalue weighted by atomic mass is 10.1. The number of aromatic nitrogens is 2. The van der Waals surface area contributed by atoms with Crippen molar-refractivity contribution in [2.24, 2.45) is 0 Å². The lowest BCUT2D eigenvalue weighted by Gasteiger charge is -2.24. The van der Waals surface area contributed by atoms with Gasteiger partial charge in [0.05, 0.1) is 7.11 Å². The second-order valence-corrected chi connectivity index (χ2v) is 5.91. The molecule has 7 nitrogen and oxygen atoms in total. The van der Waals surface area contributed by atoms with Gasteiger partial charge in [0.15, 0.2) is 0 Å². The Morgan fingerprint density at radius 3 is 2.74 bits per heavy atom. The molecule has 1 aliphatic rings. The number of rotatable bonds is 6. The number of ether oxygens (including phenoxy) is 1. The highest BCUT2D eigenvalue weighted by molar-refractivity contribution is 5.96. The number of carbonyl (C=O) groups is 1. The molecule has 1 atom stereocenters. The summed E-state index contributed by atoms with van der Waals surface area (Å²) in [5.41, 5.74) is 1.67. The van der Waals surface area contributed by atoms with Gasteiger partial charge < -0.3 is 15.5 Å². The van der Waals surface area contributed by atoms with Crippen molar-refractivity contribution in [1.29, 1.82) is 0 Å². The van der Waals surface area contributed by atoms with E-state index in [4.69, 9.17) is 4.74 Å². The maximum Gasteiger partial charge on any atom is 0.258 e. The lowest BCUT2D eigenvalue weighted by molar-refractivity contribution is 0.0935. The molecule has 3 N–H and O–H groups in total. The van der Waals surface area contributed by atoms with Crippen LogP contribution in [0.5, 0.6) is 5.88 Å². The Bertz CT molecular complexity index is 691. The largest absolute Gasteiger partial charge is 0.480 e. The molecule has 1 aliphatic heterocycles. The zero-order valence-electron chi connectivity index (χ0n) is 15.1. The van der Waals surface area contributed by atoms with Crippen molar-refractivity contribution in [3.63, 3.8) is 0 Å². The first-order valence-corrected chi connectivity index (χ1v) is 8.18. The van der Waals surface area contributed by atoms with E-state index in [-0.39, 0.29) is 36.2 Å². The fourth-order valence-electron chi connectivity index (χ4n) is 3.09. The quantitative estimate of drug-likeness (QED) is 0.774. The molecule has 0 spiro atoms. The molecule has 27 heavy (non-hydrogen) atoms. The van der Waals surface area contributed by atoms with Crippen molar-refractivity contribution in [2.45, 2.75) is 25.4 Å². The number of halogens is 2. The number of nitrogens with zero attached hydrogens (tertiary/aromatic N) is 3. The topological polar surface area (TPSA) is 98.8 Å². The summed E-state index contributed by atoms with van der Waals surface area (Å²) in [4.78, 5) is 22.6.